The molecule has 0 bridgehead atoms. The summed E-state index contributed by atoms with van der Waals surface area (Å²) in [6.07, 6.45) is 0. The molecular weight excluding hydrogens is 132 g/mol. The molecule has 1 heterocycles. The summed E-state index contributed by atoms with van der Waals surface area (Å²) in [5.74, 6) is 0. The van der Waals surface area contributed by atoms with Crippen LogP contribution < -0.4 is 0 Å². The number of fused-ring (bicyclic) bond motifs is 1. The molecule has 0 amide bonds. The summed E-state index contributed by atoms with van der Waals surface area (Å²) in [6.45, 7) is 0. The van der Waals surface area contributed by atoms with E-state index < -0.39 is 0 Å². The van der Waals surface area contributed by atoms with Crippen LogP contribution >= 0.6 is 11.7 Å². The fraction of sp³-hybridized carbons (Fsp3) is 0. The Balaban J connectivity index is 2.95. The Morgan fingerprint density at radius 3 is 3.11 bits per heavy atom. The largest absolute Gasteiger partial charge is 0.173 e. The highest BCUT2D eigenvalue weighted by Crippen LogP contribution is 2.07. The molecule has 1 radical (unpaired) electrons. The lowest BCUT2D eigenvalue weighted by Gasteiger charge is -1.78. The van der Waals surface area contributed by atoms with Gasteiger partial charge in [0, 0.05) is 0 Å². The van der Waals surface area contributed by atoms with Crippen LogP contribution in [0.5, 0.6) is 0 Å². The molecule has 0 aliphatic carbocycles. The van der Waals surface area contributed by atoms with E-state index in [2.05, 4.69) is 14.8 Å². The standard InChI is InChI=1S/C6H3N2S/c1-2-4-6-5(3-1)7-9-8-6/h1,3-4H. The molecule has 0 saturated carbocycles. The Kier molecular flexibility index (Phi) is 0.960. The van der Waals surface area contributed by atoms with Gasteiger partial charge in [0.15, 0.2) is 0 Å². The van der Waals surface area contributed by atoms with Crippen molar-refractivity contribution in [1.82, 2.24) is 8.75 Å². The zero-order valence-electron chi connectivity index (χ0n) is 4.53. The smallest absolute Gasteiger partial charge is 0.105 e. The maximum absolute atomic E-state index is 4.03. The monoisotopic (exact) mass is 135 g/mol. The first-order chi connectivity index (χ1) is 4.47. The van der Waals surface area contributed by atoms with Crippen LogP contribution in [0.25, 0.3) is 11.0 Å². The Morgan fingerprint density at radius 1 is 1.33 bits per heavy atom. The first-order valence-corrected chi connectivity index (χ1v) is 3.28. The quantitative estimate of drug-likeness (QED) is 0.547. The van der Waals surface area contributed by atoms with E-state index in [0.29, 0.717) is 0 Å². The van der Waals surface area contributed by atoms with Gasteiger partial charge in [-0.2, -0.15) is 8.75 Å². The van der Waals surface area contributed by atoms with E-state index in [0.717, 1.165) is 11.0 Å². The van der Waals surface area contributed by atoms with E-state index >= 15 is 0 Å². The van der Waals surface area contributed by atoms with Crippen molar-refractivity contribution in [1.29, 1.82) is 0 Å². The van der Waals surface area contributed by atoms with Gasteiger partial charge in [0.2, 0.25) is 0 Å². The second-order valence-corrected chi connectivity index (χ2v) is 2.21. The Bertz CT molecular complexity index is 285. The predicted molar refractivity (Wildman–Crippen MR) is 36.3 cm³/mol. The molecule has 1 aromatic heterocycles. The Morgan fingerprint density at radius 2 is 2.22 bits per heavy atom. The van der Waals surface area contributed by atoms with E-state index in [1.807, 2.05) is 18.2 Å². The number of hydrogen-bond acceptors (Lipinski definition) is 3. The average molecular weight is 135 g/mol. The van der Waals surface area contributed by atoms with Crippen molar-refractivity contribution < 1.29 is 0 Å². The van der Waals surface area contributed by atoms with Gasteiger partial charge >= 0.3 is 0 Å². The van der Waals surface area contributed by atoms with Gasteiger partial charge in [0.25, 0.3) is 0 Å². The molecule has 0 unspecified atom stereocenters. The van der Waals surface area contributed by atoms with E-state index in [1.165, 1.54) is 11.7 Å². The summed E-state index contributed by atoms with van der Waals surface area (Å²) in [7, 11) is 0. The van der Waals surface area contributed by atoms with Crippen molar-refractivity contribution in [3.05, 3.63) is 24.3 Å². The van der Waals surface area contributed by atoms with Crippen molar-refractivity contribution in [2.24, 2.45) is 0 Å². The zero-order valence-corrected chi connectivity index (χ0v) is 5.35. The SMILES string of the molecule is [c]1ccc2nsnc2c1. The minimum atomic E-state index is 0.933. The fourth-order valence-corrected chi connectivity index (χ4v) is 1.19. The topological polar surface area (TPSA) is 25.8 Å². The first kappa shape index (κ1) is 4.88. The van der Waals surface area contributed by atoms with E-state index in [1.54, 1.807) is 0 Å². The number of benzene rings is 1. The van der Waals surface area contributed by atoms with Crippen LogP contribution in [0.15, 0.2) is 18.2 Å². The summed E-state index contributed by atoms with van der Waals surface area (Å²) in [4.78, 5) is 0. The van der Waals surface area contributed by atoms with Crippen molar-refractivity contribution in [2.75, 3.05) is 0 Å². The molecule has 2 aromatic rings. The van der Waals surface area contributed by atoms with E-state index in [9.17, 15) is 0 Å². The molecule has 2 rings (SSSR count). The van der Waals surface area contributed by atoms with E-state index in [4.69, 9.17) is 0 Å². The van der Waals surface area contributed by atoms with Crippen LogP contribution in [0, 0.1) is 6.07 Å². The highest BCUT2D eigenvalue weighted by atomic mass is 32.1. The van der Waals surface area contributed by atoms with Crippen LogP contribution in [-0.4, -0.2) is 8.75 Å². The van der Waals surface area contributed by atoms with Gasteiger partial charge in [0.05, 0.1) is 11.7 Å². The van der Waals surface area contributed by atoms with Gasteiger partial charge < -0.3 is 0 Å². The third-order valence-electron chi connectivity index (χ3n) is 1.10. The number of aromatic nitrogens is 2. The van der Waals surface area contributed by atoms with Crippen LogP contribution in [-0.2, 0) is 0 Å². The lowest BCUT2D eigenvalue weighted by atomic mass is 10.3. The molecular formula is C6H3N2S. The predicted octanol–water partition coefficient (Wildman–Crippen LogP) is 1.49. The highest BCUT2D eigenvalue weighted by molar-refractivity contribution is 7.00. The van der Waals surface area contributed by atoms with Crippen LogP contribution in [0.2, 0.25) is 0 Å². The summed E-state index contributed by atoms with van der Waals surface area (Å²) < 4.78 is 8.05. The molecule has 0 aliphatic heterocycles. The number of nitrogens with zero attached hydrogens (tertiary/aromatic N) is 2. The van der Waals surface area contributed by atoms with Crippen molar-refractivity contribution in [2.45, 2.75) is 0 Å². The van der Waals surface area contributed by atoms with Gasteiger partial charge in [-0.25, -0.2) is 0 Å². The second-order valence-electron chi connectivity index (χ2n) is 1.68. The van der Waals surface area contributed by atoms with Crippen LogP contribution in [0.4, 0.5) is 0 Å². The van der Waals surface area contributed by atoms with Gasteiger partial charge in [-0.05, 0) is 18.2 Å². The van der Waals surface area contributed by atoms with Gasteiger partial charge in [-0.3, -0.25) is 0 Å². The normalized spacial score (nSPS) is 10.2. The van der Waals surface area contributed by atoms with Crippen LogP contribution in [0.3, 0.4) is 0 Å². The zero-order chi connectivity index (χ0) is 6.10. The van der Waals surface area contributed by atoms with Crippen molar-refractivity contribution >= 4 is 22.8 Å². The van der Waals surface area contributed by atoms with E-state index in [-0.39, 0.29) is 0 Å². The van der Waals surface area contributed by atoms with Crippen LogP contribution in [0.1, 0.15) is 0 Å². The fourth-order valence-electron chi connectivity index (χ4n) is 0.672. The molecule has 0 N–H and O–H groups in total. The molecule has 0 spiro atoms. The molecule has 43 valence electrons. The summed E-state index contributed by atoms with van der Waals surface area (Å²) in [6, 6.07) is 8.50. The number of rotatable bonds is 0. The lowest BCUT2D eigenvalue weighted by molar-refractivity contribution is 1.64. The van der Waals surface area contributed by atoms with Gasteiger partial charge in [-0.1, -0.05) is 6.07 Å². The van der Waals surface area contributed by atoms with Crippen molar-refractivity contribution in [3.63, 3.8) is 0 Å². The third kappa shape index (κ3) is 0.695. The molecule has 0 atom stereocenters. The highest BCUT2D eigenvalue weighted by Gasteiger charge is 1.91. The maximum Gasteiger partial charge on any atom is 0.105 e. The molecule has 2 nitrogen and oxygen atoms in total. The maximum atomic E-state index is 4.03. The Labute approximate surface area is 56.5 Å². The summed E-state index contributed by atoms with van der Waals surface area (Å²) in [5.41, 5.74) is 1.89. The Hall–Kier alpha value is -0.960. The number of hydrogen-bond donors (Lipinski definition) is 0. The van der Waals surface area contributed by atoms with Crippen molar-refractivity contribution in [3.8, 4) is 0 Å². The average Bonchev–Trinajstić information content (AvgIpc) is 2.33. The minimum absolute atomic E-state index is 0.933. The summed E-state index contributed by atoms with van der Waals surface area (Å²) >= 11 is 1.23. The second kappa shape index (κ2) is 1.77. The molecule has 0 saturated heterocycles. The molecule has 0 fully saturated rings. The molecule has 3 heteroatoms. The molecule has 0 aliphatic rings. The summed E-state index contributed by atoms with van der Waals surface area (Å²) in [5, 5.41) is 0. The van der Waals surface area contributed by atoms with Gasteiger partial charge in [-0.15, -0.1) is 0 Å². The first-order valence-electron chi connectivity index (χ1n) is 2.55. The molecule has 9 heavy (non-hydrogen) atoms. The van der Waals surface area contributed by atoms with Gasteiger partial charge in [0.1, 0.15) is 11.0 Å². The third-order valence-corrected chi connectivity index (χ3v) is 1.65. The minimum Gasteiger partial charge on any atom is -0.173 e. The lowest BCUT2D eigenvalue weighted by Crippen LogP contribution is -1.64. The molecule has 1 aromatic carbocycles.